The molecule has 0 spiro atoms. The fourth-order valence-corrected chi connectivity index (χ4v) is 1.35. The highest BCUT2D eigenvalue weighted by Crippen LogP contribution is 2.24. The van der Waals surface area contributed by atoms with Crippen molar-refractivity contribution in [3.05, 3.63) is 35.5 Å². The zero-order chi connectivity index (χ0) is 9.97. The summed E-state index contributed by atoms with van der Waals surface area (Å²) in [6, 6.07) is 7.37. The Morgan fingerprint density at radius 3 is 2.71 bits per heavy atom. The Morgan fingerprint density at radius 2 is 2.00 bits per heavy atom. The number of halogens is 1. The normalized spacial score (nSPS) is 10.1. The Bertz CT molecular complexity index is 458. The summed E-state index contributed by atoms with van der Waals surface area (Å²) >= 11 is 5.98. The third kappa shape index (κ3) is 1.65. The number of nitrogen functional groups attached to an aromatic ring is 1. The molecule has 1 heterocycles. The molecule has 70 valence electrons. The molecule has 14 heavy (non-hydrogen) atoms. The van der Waals surface area contributed by atoms with E-state index in [1.54, 1.807) is 6.07 Å². The molecule has 0 saturated carbocycles. The minimum atomic E-state index is 0.141. The number of rotatable bonds is 1. The quantitative estimate of drug-likeness (QED) is 0.773. The van der Waals surface area contributed by atoms with E-state index in [9.17, 15) is 0 Å². The van der Waals surface area contributed by atoms with Crippen molar-refractivity contribution >= 4 is 17.5 Å². The van der Waals surface area contributed by atoms with E-state index in [2.05, 4.69) is 15.2 Å². The first-order valence-corrected chi connectivity index (χ1v) is 4.35. The van der Waals surface area contributed by atoms with Crippen LogP contribution in [-0.2, 0) is 0 Å². The van der Waals surface area contributed by atoms with E-state index in [1.807, 2.05) is 18.2 Å². The molecule has 2 aromatic rings. The molecule has 0 radical (unpaired) electrons. The summed E-state index contributed by atoms with van der Waals surface area (Å²) in [5.41, 5.74) is 6.85. The van der Waals surface area contributed by atoms with E-state index in [1.165, 1.54) is 6.20 Å². The first-order valence-electron chi connectivity index (χ1n) is 3.97. The molecule has 0 saturated heterocycles. The lowest BCUT2D eigenvalue weighted by Gasteiger charge is -2.01. The van der Waals surface area contributed by atoms with E-state index < -0.39 is 0 Å². The van der Waals surface area contributed by atoms with Crippen LogP contribution in [0.2, 0.25) is 5.02 Å². The summed E-state index contributed by atoms with van der Waals surface area (Å²) in [6.07, 6.45) is 1.53. The van der Waals surface area contributed by atoms with Crippen LogP contribution in [-0.4, -0.2) is 15.2 Å². The number of hydrogen-bond donors (Lipinski definition) is 1. The molecule has 0 aliphatic rings. The van der Waals surface area contributed by atoms with Crippen LogP contribution in [0.1, 0.15) is 0 Å². The molecule has 5 heteroatoms. The lowest BCUT2D eigenvalue weighted by molar-refractivity contribution is 0.990. The van der Waals surface area contributed by atoms with Gasteiger partial charge >= 0.3 is 0 Å². The monoisotopic (exact) mass is 206 g/mol. The Labute approximate surface area is 85.8 Å². The third-order valence-electron chi connectivity index (χ3n) is 1.73. The van der Waals surface area contributed by atoms with Gasteiger partial charge in [-0.15, -0.1) is 5.10 Å². The summed E-state index contributed by atoms with van der Waals surface area (Å²) < 4.78 is 0. The van der Waals surface area contributed by atoms with Crippen LogP contribution in [0.3, 0.4) is 0 Å². The number of nitrogens with zero attached hydrogens (tertiary/aromatic N) is 3. The number of aromatic nitrogens is 3. The van der Waals surface area contributed by atoms with Crippen LogP contribution in [0.15, 0.2) is 30.5 Å². The van der Waals surface area contributed by atoms with Gasteiger partial charge < -0.3 is 5.73 Å². The molecule has 0 aliphatic heterocycles. The van der Waals surface area contributed by atoms with Gasteiger partial charge in [0.15, 0.2) is 0 Å². The Balaban J connectivity index is 2.55. The van der Waals surface area contributed by atoms with Crippen LogP contribution >= 0.6 is 11.6 Å². The lowest BCUT2D eigenvalue weighted by Crippen LogP contribution is -1.98. The second-order valence-electron chi connectivity index (χ2n) is 2.68. The standard InChI is InChI=1S/C9H7ClN4/c10-7-4-2-1-3-6(7)8-5-12-14-9(11)13-8/h1-5H,(H2,11,13,14). The highest BCUT2D eigenvalue weighted by Gasteiger charge is 2.04. The molecule has 2 N–H and O–H groups in total. The van der Waals surface area contributed by atoms with Gasteiger partial charge in [-0.2, -0.15) is 5.10 Å². The Morgan fingerprint density at radius 1 is 1.21 bits per heavy atom. The van der Waals surface area contributed by atoms with E-state index in [-0.39, 0.29) is 5.95 Å². The fourth-order valence-electron chi connectivity index (χ4n) is 1.12. The van der Waals surface area contributed by atoms with Crippen LogP contribution in [0.25, 0.3) is 11.3 Å². The molecule has 1 aromatic carbocycles. The zero-order valence-corrected chi connectivity index (χ0v) is 7.94. The van der Waals surface area contributed by atoms with Gasteiger partial charge in [0.05, 0.1) is 16.9 Å². The first kappa shape index (κ1) is 8.90. The van der Waals surface area contributed by atoms with Gasteiger partial charge in [-0.25, -0.2) is 4.98 Å². The molecular weight excluding hydrogens is 200 g/mol. The lowest BCUT2D eigenvalue weighted by atomic mass is 10.2. The molecule has 0 atom stereocenters. The minimum Gasteiger partial charge on any atom is -0.366 e. The topological polar surface area (TPSA) is 64.7 Å². The highest BCUT2D eigenvalue weighted by molar-refractivity contribution is 6.33. The SMILES string of the molecule is Nc1nncc(-c2ccccc2Cl)n1. The summed E-state index contributed by atoms with van der Waals surface area (Å²) in [7, 11) is 0. The maximum absolute atomic E-state index is 5.98. The van der Waals surface area contributed by atoms with Crippen molar-refractivity contribution in [3.8, 4) is 11.3 Å². The summed E-state index contributed by atoms with van der Waals surface area (Å²) in [6.45, 7) is 0. The van der Waals surface area contributed by atoms with Crippen molar-refractivity contribution in [1.29, 1.82) is 0 Å². The average Bonchev–Trinajstić information content (AvgIpc) is 2.18. The summed E-state index contributed by atoms with van der Waals surface area (Å²) in [5.74, 6) is 0.141. The van der Waals surface area contributed by atoms with Gasteiger partial charge in [0.2, 0.25) is 5.95 Å². The van der Waals surface area contributed by atoms with Crippen LogP contribution in [0.4, 0.5) is 5.95 Å². The average molecular weight is 207 g/mol. The van der Waals surface area contributed by atoms with Crippen LogP contribution in [0.5, 0.6) is 0 Å². The van der Waals surface area contributed by atoms with E-state index in [0.29, 0.717) is 10.7 Å². The van der Waals surface area contributed by atoms with Gasteiger partial charge in [-0.3, -0.25) is 0 Å². The fraction of sp³-hybridized carbons (Fsp3) is 0. The van der Waals surface area contributed by atoms with Gasteiger partial charge in [0.1, 0.15) is 0 Å². The van der Waals surface area contributed by atoms with E-state index in [4.69, 9.17) is 17.3 Å². The van der Waals surface area contributed by atoms with Gasteiger partial charge in [0.25, 0.3) is 0 Å². The van der Waals surface area contributed by atoms with Gasteiger partial charge in [0, 0.05) is 5.56 Å². The second kappa shape index (κ2) is 3.59. The van der Waals surface area contributed by atoms with Crippen molar-refractivity contribution in [2.45, 2.75) is 0 Å². The van der Waals surface area contributed by atoms with Gasteiger partial charge in [-0.1, -0.05) is 29.8 Å². The van der Waals surface area contributed by atoms with E-state index in [0.717, 1.165) is 5.56 Å². The highest BCUT2D eigenvalue weighted by atomic mass is 35.5. The number of hydrogen-bond acceptors (Lipinski definition) is 4. The largest absolute Gasteiger partial charge is 0.366 e. The molecule has 0 bridgehead atoms. The summed E-state index contributed by atoms with van der Waals surface area (Å²) in [4.78, 5) is 4.02. The molecule has 0 unspecified atom stereocenters. The predicted molar refractivity (Wildman–Crippen MR) is 54.7 cm³/mol. The van der Waals surface area contributed by atoms with Crippen molar-refractivity contribution < 1.29 is 0 Å². The maximum Gasteiger partial charge on any atom is 0.240 e. The zero-order valence-electron chi connectivity index (χ0n) is 7.18. The van der Waals surface area contributed by atoms with Crippen molar-refractivity contribution in [2.24, 2.45) is 0 Å². The maximum atomic E-state index is 5.98. The van der Waals surface area contributed by atoms with Crippen molar-refractivity contribution in [1.82, 2.24) is 15.2 Å². The molecule has 0 fully saturated rings. The second-order valence-corrected chi connectivity index (χ2v) is 3.09. The smallest absolute Gasteiger partial charge is 0.240 e. The Hall–Kier alpha value is -1.68. The number of nitrogens with two attached hydrogens (primary N) is 1. The molecule has 2 rings (SSSR count). The van der Waals surface area contributed by atoms with Gasteiger partial charge in [-0.05, 0) is 6.07 Å². The third-order valence-corrected chi connectivity index (χ3v) is 2.05. The molecule has 1 aromatic heterocycles. The van der Waals surface area contributed by atoms with E-state index >= 15 is 0 Å². The minimum absolute atomic E-state index is 0.141. The Kier molecular flexibility index (Phi) is 2.28. The predicted octanol–water partition coefficient (Wildman–Crippen LogP) is 1.77. The van der Waals surface area contributed by atoms with Crippen LogP contribution < -0.4 is 5.73 Å². The number of benzene rings is 1. The number of anilines is 1. The molecule has 0 amide bonds. The molecular formula is C9H7ClN4. The first-order chi connectivity index (χ1) is 6.77. The van der Waals surface area contributed by atoms with Crippen LogP contribution in [0, 0.1) is 0 Å². The van der Waals surface area contributed by atoms with Crippen molar-refractivity contribution in [3.63, 3.8) is 0 Å². The molecule has 0 aliphatic carbocycles. The molecule has 4 nitrogen and oxygen atoms in total. The van der Waals surface area contributed by atoms with Crippen molar-refractivity contribution in [2.75, 3.05) is 5.73 Å². The summed E-state index contributed by atoms with van der Waals surface area (Å²) in [5, 5.41) is 7.89.